The van der Waals surface area contributed by atoms with E-state index in [1.165, 1.54) is 16.7 Å². The number of fused-ring (bicyclic) bond motifs is 1. The van der Waals surface area contributed by atoms with Gasteiger partial charge in [-0.1, -0.05) is 6.08 Å². The van der Waals surface area contributed by atoms with Gasteiger partial charge in [-0.3, -0.25) is 0 Å². The zero-order valence-electron chi connectivity index (χ0n) is 6.71. The van der Waals surface area contributed by atoms with Crippen molar-refractivity contribution in [3.63, 3.8) is 0 Å². The number of thioether (sulfide) groups is 1. The van der Waals surface area contributed by atoms with Crippen LogP contribution < -0.4 is 5.32 Å². The Morgan fingerprint density at radius 1 is 1.58 bits per heavy atom. The largest absolute Gasteiger partial charge is 0.388 e. The third kappa shape index (κ3) is 0.843. The highest BCUT2D eigenvalue weighted by molar-refractivity contribution is 7.99. The van der Waals surface area contributed by atoms with E-state index in [4.69, 9.17) is 0 Å². The van der Waals surface area contributed by atoms with Gasteiger partial charge >= 0.3 is 0 Å². The summed E-state index contributed by atoms with van der Waals surface area (Å²) in [5.74, 6) is 1.97. The molecule has 0 amide bonds. The van der Waals surface area contributed by atoms with Crippen LogP contribution in [-0.2, 0) is 0 Å². The van der Waals surface area contributed by atoms with Crippen LogP contribution in [0.4, 0.5) is 0 Å². The van der Waals surface area contributed by atoms with Crippen molar-refractivity contribution in [2.45, 2.75) is 12.1 Å². The molecule has 3 rings (SSSR count). The monoisotopic (exact) mass is 181 g/mol. The van der Waals surface area contributed by atoms with Crippen LogP contribution in [0.2, 0.25) is 0 Å². The molecule has 1 aliphatic heterocycles. The molecule has 0 aromatic rings. The average Bonchev–Trinajstić information content (AvgIpc) is 2.52. The molecular formula is C9H11NOS. The van der Waals surface area contributed by atoms with Gasteiger partial charge in [-0.05, 0) is 16.7 Å². The lowest BCUT2D eigenvalue weighted by atomic mass is 10.0. The Bertz CT molecular complexity index is 295. The fourth-order valence-electron chi connectivity index (χ4n) is 1.95. The topological polar surface area (TPSA) is 32.3 Å². The Hall–Kier alpha value is -0.250. The van der Waals surface area contributed by atoms with Crippen LogP contribution in [0.15, 0.2) is 22.8 Å². The summed E-state index contributed by atoms with van der Waals surface area (Å²) >= 11 is 1.83. The second kappa shape index (κ2) is 2.37. The standard InChI is InChI=1S/C9H11NOS/c11-7-4-12-2-1-10-9-6-3-5(7)8(6)9/h3,7,9-11H,1-2,4H2. The van der Waals surface area contributed by atoms with Crippen molar-refractivity contribution in [2.24, 2.45) is 0 Å². The molecule has 0 spiro atoms. The highest BCUT2D eigenvalue weighted by atomic mass is 32.2. The van der Waals surface area contributed by atoms with Crippen LogP contribution in [0.5, 0.6) is 0 Å². The molecule has 0 radical (unpaired) electrons. The Morgan fingerprint density at radius 3 is 3.42 bits per heavy atom. The summed E-state index contributed by atoms with van der Waals surface area (Å²) in [6.45, 7) is 1.07. The molecule has 1 fully saturated rings. The van der Waals surface area contributed by atoms with Crippen LogP contribution in [0.1, 0.15) is 0 Å². The first-order valence-corrected chi connectivity index (χ1v) is 5.48. The molecule has 0 aromatic carbocycles. The van der Waals surface area contributed by atoms with E-state index in [-0.39, 0.29) is 6.10 Å². The van der Waals surface area contributed by atoms with Gasteiger partial charge in [-0.25, -0.2) is 0 Å². The van der Waals surface area contributed by atoms with E-state index in [1.54, 1.807) is 0 Å². The zero-order chi connectivity index (χ0) is 8.13. The Morgan fingerprint density at radius 2 is 2.50 bits per heavy atom. The van der Waals surface area contributed by atoms with Crippen LogP contribution in [0, 0.1) is 0 Å². The molecule has 1 heterocycles. The van der Waals surface area contributed by atoms with Crippen molar-refractivity contribution in [3.8, 4) is 0 Å². The van der Waals surface area contributed by atoms with E-state index in [1.807, 2.05) is 11.8 Å². The molecule has 2 unspecified atom stereocenters. The first-order chi connectivity index (χ1) is 5.88. The van der Waals surface area contributed by atoms with Crippen molar-refractivity contribution in [1.82, 2.24) is 5.32 Å². The lowest BCUT2D eigenvalue weighted by Crippen LogP contribution is -2.21. The highest BCUT2D eigenvalue weighted by Crippen LogP contribution is 2.49. The third-order valence-corrected chi connectivity index (χ3v) is 3.72. The summed E-state index contributed by atoms with van der Waals surface area (Å²) in [6.07, 6.45) is 1.93. The Balaban J connectivity index is 1.78. The molecule has 2 N–H and O–H groups in total. The highest BCUT2D eigenvalue weighted by Gasteiger charge is 2.45. The number of hydrogen-bond acceptors (Lipinski definition) is 3. The summed E-state index contributed by atoms with van der Waals surface area (Å²) in [6, 6.07) is 0.522. The zero-order valence-corrected chi connectivity index (χ0v) is 7.53. The number of hydrogen-bond donors (Lipinski definition) is 2. The maximum atomic E-state index is 9.69. The molecule has 64 valence electrons. The average molecular weight is 181 g/mol. The molecule has 1 saturated heterocycles. The predicted molar refractivity (Wildman–Crippen MR) is 50.2 cm³/mol. The normalized spacial score (nSPS) is 38.6. The van der Waals surface area contributed by atoms with Crippen LogP contribution in [-0.4, -0.2) is 35.3 Å². The third-order valence-electron chi connectivity index (χ3n) is 2.68. The lowest BCUT2D eigenvalue weighted by molar-refractivity contribution is 0.238. The number of aliphatic hydroxyl groups is 1. The van der Waals surface area contributed by atoms with Gasteiger partial charge in [0.15, 0.2) is 0 Å². The lowest BCUT2D eigenvalue weighted by Gasteiger charge is -2.13. The van der Waals surface area contributed by atoms with Crippen molar-refractivity contribution in [1.29, 1.82) is 0 Å². The molecule has 0 bridgehead atoms. The SMILES string of the molecule is OC1CSCCNC2C3=C2C1=C3. The minimum Gasteiger partial charge on any atom is -0.388 e. The second-order valence-corrected chi connectivity index (χ2v) is 4.60. The van der Waals surface area contributed by atoms with E-state index >= 15 is 0 Å². The minimum atomic E-state index is -0.210. The molecule has 0 saturated carbocycles. The minimum absolute atomic E-state index is 0.210. The van der Waals surface area contributed by atoms with E-state index in [9.17, 15) is 5.11 Å². The van der Waals surface area contributed by atoms with Gasteiger partial charge in [0, 0.05) is 18.1 Å². The molecule has 12 heavy (non-hydrogen) atoms. The molecule has 3 heteroatoms. The van der Waals surface area contributed by atoms with Gasteiger partial charge in [-0.15, -0.1) is 0 Å². The van der Waals surface area contributed by atoms with E-state index in [0.717, 1.165) is 18.1 Å². The van der Waals surface area contributed by atoms with Gasteiger partial charge in [0.2, 0.25) is 0 Å². The molecule has 3 aliphatic rings. The Labute approximate surface area is 75.7 Å². The molecule has 0 aromatic heterocycles. The first-order valence-electron chi connectivity index (χ1n) is 4.33. The van der Waals surface area contributed by atoms with Crippen molar-refractivity contribution < 1.29 is 5.11 Å². The van der Waals surface area contributed by atoms with E-state index in [2.05, 4.69) is 11.4 Å². The molecule has 2 atom stereocenters. The molecule has 2 nitrogen and oxygen atoms in total. The van der Waals surface area contributed by atoms with Crippen molar-refractivity contribution >= 4 is 11.8 Å². The van der Waals surface area contributed by atoms with Gasteiger partial charge in [0.1, 0.15) is 0 Å². The summed E-state index contributed by atoms with van der Waals surface area (Å²) in [4.78, 5) is 0. The van der Waals surface area contributed by atoms with Crippen molar-refractivity contribution in [2.75, 3.05) is 18.1 Å². The molecule has 2 aliphatic carbocycles. The summed E-state index contributed by atoms with van der Waals surface area (Å²) in [5, 5.41) is 13.1. The molecular weight excluding hydrogens is 170 g/mol. The smallest absolute Gasteiger partial charge is 0.0884 e. The van der Waals surface area contributed by atoms with Gasteiger partial charge in [0.05, 0.1) is 12.1 Å². The first kappa shape index (κ1) is 7.18. The van der Waals surface area contributed by atoms with Crippen LogP contribution in [0.3, 0.4) is 0 Å². The van der Waals surface area contributed by atoms with Crippen molar-refractivity contribution in [3.05, 3.63) is 22.8 Å². The van der Waals surface area contributed by atoms with E-state index < -0.39 is 0 Å². The number of nitrogens with one attached hydrogen (secondary N) is 1. The van der Waals surface area contributed by atoms with Gasteiger partial charge in [0.25, 0.3) is 0 Å². The fraction of sp³-hybridized carbons (Fsp3) is 0.556. The number of aliphatic hydroxyl groups excluding tert-OH is 1. The summed E-state index contributed by atoms with van der Waals surface area (Å²) in [5.41, 5.74) is 4.04. The fourth-order valence-corrected chi connectivity index (χ4v) is 2.78. The van der Waals surface area contributed by atoms with Gasteiger partial charge in [-0.2, -0.15) is 11.8 Å². The quantitative estimate of drug-likeness (QED) is 0.564. The number of rotatable bonds is 0. The maximum Gasteiger partial charge on any atom is 0.0884 e. The van der Waals surface area contributed by atoms with Crippen LogP contribution in [0.25, 0.3) is 0 Å². The van der Waals surface area contributed by atoms with E-state index in [0.29, 0.717) is 6.04 Å². The predicted octanol–water partition coefficient (Wildman–Crippen LogP) is 0.302. The van der Waals surface area contributed by atoms with Crippen LogP contribution >= 0.6 is 11.8 Å². The summed E-state index contributed by atoms with van der Waals surface area (Å²) < 4.78 is 0. The van der Waals surface area contributed by atoms with Gasteiger partial charge < -0.3 is 10.4 Å². The Kier molecular flexibility index (Phi) is 1.42. The second-order valence-electron chi connectivity index (χ2n) is 3.45. The summed E-state index contributed by atoms with van der Waals surface area (Å²) in [7, 11) is 0. The maximum absolute atomic E-state index is 9.69.